The monoisotopic (exact) mass is 360 g/mol. The Morgan fingerprint density at radius 3 is 2.77 bits per heavy atom. The quantitative estimate of drug-likeness (QED) is 0.447. The molecule has 0 amide bonds. The summed E-state index contributed by atoms with van der Waals surface area (Å²) >= 11 is 13.2. The van der Waals surface area contributed by atoms with E-state index in [4.69, 9.17) is 28.9 Å². The summed E-state index contributed by atoms with van der Waals surface area (Å²) in [4.78, 5) is 8.46. The zero-order chi connectivity index (χ0) is 16.1. The van der Waals surface area contributed by atoms with Crippen molar-refractivity contribution in [3.05, 3.63) is 39.8 Å². The first kappa shape index (κ1) is 17.1. The topological polar surface area (TPSA) is 63.8 Å². The van der Waals surface area contributed by atoms with Gasteiger partial charge in [0.15, 0.2) is 16.1 Å². The molecule has 0 saturated carbocycles. The van der Waals surface area contributed by atoms with Crippen LogP contribution >= 0.6 is 35.0 Å². The molecule has 118 valence electrons. The molecule has 0 aliphatic rings. The summed E-state index contributed by atoms with van der Waals surface area (Å²) in [6.07, 6.45) is 1.00. The van der Waals surface area contributed by atoms with Crippen molar-refractivity contribution in [2.24, 2.45) is 0 Å². The number of hydrogen-bond acceptors (Lipinski definition) is 5. The molecule has 1 aromatic carbocycles. The molecular formula is C14H15Cl2FN4S. The first-order chi connectivity index (χ1) is 10.5. The van der Waals surface area contributed by atoms with E-state index in [2.05, 4.69) is 22.2 Å². The van der Waals surface area contributed by atoms with Gasteiger partial charge in [-0.1, -0.05) is 48.0 Å². The summed E-state index contributed by atoms with van der Waals surface area (Å²) in [7, 11) is 0. The van der Waals surface area contributed by atoms with Crippen LogP contribution in [0.15, 0.2) is 23.4 Å². The maximum absolute atomic E-state index is 13.4. The highest BCUT2D eigenvalue weighted by atomic mass is 35.5. The van der Waals surface area contributed by atoms with Gasteiger partial charge in [-0.2, -0.15) is 0 Å². The van der Waals surface area contributed by atoms with Crippen LogP contribution in [0.2, 0.25) is 10.2 Å². The van der Waals surface area contributed by atoms with Gasteiger partial charge in [0.2, 0.25) is 0 Å². The zero-order valence-electron chi connectivity index (χ0n) is 11.9. The molecule has 0 bridgehead atoms. The largest absolute Gasteiger partial charge is 0.393 e. The van der Waals surface area contributed by atoms with E-state index in [9.17, 15) is 4.39 Å². The van der Waals surface area contributed by atoms with Crippen molar-refractivity contribution in [2.45, 2.75) is 25.0 Å². The minimum Gasteiger partial charge on any atom is -0.393 e. The van der Waals surface area contributed by atoms with Crippen molar-refractivity contribution in [1.82, 2.24) is 9.97 Å². The second-order valence-corrected chi connectivity index (χ2v) is 6.34. The maximum Gasteiger partial charge on any atom is 0.191 e. The smallest absolute Gasteiger partial charge is 0.191 e. The Morgan fingerprint density at radius 2 is 2.09 bits per heavy atom. The number of anilines is 2. The molecule has 0 atom stereocenters. The molecule has 0 radical (unpaired) electrons. The predicted molar refractivity (Wildman–Crippen MR) is 91.2 cm³/mol. The van der Waals surface area contributed by atoms with E-state index in [0.717, 1.165) is 17.7 Å². The van der Waals surface area contributed by atoms with Crippen LogP contribution in [-0.4, -0.2) is 15.7 Å². The lowest BCUT2D eigenvalue weighted by molar-refractivity contribution is 0.626. The van der Waals surface area contributed by atoms with Gasteiger partial charge in [0.25, 0.3) is 0 Å². The number of thioether (sulfide) groups is 1. The van der Waals surface area contributed by atoms with Gasteiger partial charge < -0.3 is 11.1 Å². The summed E-state index contributed by atoms with van der Waals surface area (Å²) in [6.45, 7) is 2.42. The van der Waals surface area contributed by atoms with Crippen LogP contribution < -0.4 is 11.1 Å². The second kappa shape index (κ2) is 7.85. The van der Waals surface area contributed by atoms with E-state index < -0.39 is 5.82 Å². The van der Waals surface area contributed by atoms with Crippen molar-refractivity contribution in [3.63, 3.8) is 0 Å². The average Bonchev–Trinajstić information content (AvgIpc) is 2.50. The SMILES string of the molecule is CCCSc1nc(Cl)c(N)c(NCc2ccc(Cl)c(F)c2)n1. The number of nitrogens with one attached hydrogen (secondary N) is 1. The maximum atomic E-state index is 13.4. The van der Waals surface area contributed by atoms with Gasteiger partial charge >= 0.3 is 0 Å². The lowest BCUT2D eigenvalue weighted by atomic mass is 10.2. The number of nitrogens with zero attached hydrogens (tertiary/aromatic N) is 2. The Balaban J connectivity index is 2.14. The Bertz CT molecular complexity index is 670. The molecule has 8 heteroatoms. The average molecular weight is 361 g/mol. The third kappa shape index (κ3) is 4.38. The van der Waals surface area contributed by atoms with Gasteiger partial charge in [0.05, 0.1) is 5.02 Å². The summed E-state index contributed by atoms with van der Waals surface area (Å²) in [5.41, 5.74) is 6.87. The number of aromatic nitrogens is 2. The molecular weight excluding hydrogens is 346 g/mol. The fourth-order valence-electron chi connectivity index (χ4n) is 1.65. The first-order valence-electron chi connectivity index (χ1n) is 6.65. The highest BCUT2D eigenvalue weighted by molar-refractivity contribution is 7.99. The number of nitrogen functional groups attached to an aromatic ring is 1. The molecule has 0 fully saturated rings. The minimum absolute atomic E-state index is 0.0894. The zero-order valence-corrected chi connectivity index (χ0v) is 14.2. The van der Waals surface area contributed by atoms with Crippen LogP contribution in [-0.2, 0) is 6.54 Å². The molecule has 2 rings (SSSR count). The van der Waals surface area contributed by atoms with E-state index in [1.54, 1.807) is 6.07 Å². The highest BCUT2D eigenvalue weighted by Crippen LogP contribution is 2.28. The van der Waals surface area contributed by atoms with E-state index in [0.29, 0.717) is 17.5 Å². The number of rotatable bonds is 6. The van der Waals surface area contributed by atoms with Gasteiger partial charge in [0, 0.05) is 12.3 Å². The Hall–Kier alpha value is -1.24. The number of hydrogen-bond donors (Lipinski definition) is 2. The highest BCUT2D eigenvalue weighted by Gasteiger charge is 2.11. The summed E-state index contributed by atoms with van der Waals surface area (Å²) in [5, 5.41) is 3.91. The van der Waals surface area contributed by atoms with E-state index in [-0.39, 0.29) is 15.9 Å². The lowest BCUT2D eigenvalue weighted by Gasteiger charge is -2.11. The van der Waals surface area contributed by atoms with Crippen molar-refractivity contribution < 1.29 is 4.39 Å². The van der Waals surface area contributed by atoms with Gasteiger partial charge in [-0.3, -0.25) is 0 Å². The minimum atomic E-state index is -0.464. The molecule has 0 aliphatic heterocycles. The van der Waals surface area contributed by atoms with Crippen LogP contribution in [0.5, 0.6) is 0 Å². The van der Waals surface area contributed by atoms with Crippen LogP contribution in [0.3, 0.4) is 0 Å². The van der Waals surface area contributed by atoms with Gasteiger partial charge in [-0.05, 0) is 24.1 Å². The lowest BCUT2D eigenvalue weighted by Crippen LogP contribution is -2.07. The molecule has 1 aromatic heterocycles. The third-order valence-electron chi connectivity index (χ3n) is 2.76. The van der Waals surface area contributed by atoms with Crippen LogP contribution in [0, 0.1) is 5.82 Å². The van der Waals surface area contributed by atoms with Gasteiger partial charge in [0.1, 0.15) is 11.5 Å². The van der Waals surface area contributed by atoms with E-state index >= 15 is 0 Å². The van der Waals surface area contributed by atoms with Crippen molar-refractivity contribution >= 4 is 46.5 Å². The molecule has 0 saturated heterocycles. The number of benzene rings is 1. The third-order valence-corrected chi connectivity index (χ3v) is 4.41. The van der Waals surface area contributed by atoms with Crippen molar-refractivity contribution in [1.29, 1.82) is 0 Å². The molecule has 4 nitrogen and oxygen atoms in total. The normalized spacial score (nSPS) is 10.7. The molecule has 3 N–H and O–H groups in total. The van der Waals surface area contributed by atoms with E-state index in [1.165, 1.54) is 23.9 Å². The molecule has 1 heterocycles. The molecule has 0 spiro atoms. The second-order valence-electron chi connectivity index (χ2n) is 4.51. The van der Waals surface area contributed by atoms with Crippen molar-refractivity contribution in [2.75, 3.05) is 16.8 Å². The Labute approximate surface area is 142 Å². The Morgan fingerprint density at radius 1 is 1.32 bits per heavy atom. The van der Waals surface area contributed by atoms with Gasteiger partial charge in [-0.25, -0.2) is 14.4 Å². The number of halogens is 3. The fraction of sp³-hybridized carbons (Fsp3) is 0.286. The van der Waals surface area contributed by atoms with Gasteiger partial charge in [-0.15, -0.1) is 0 Å². The van der Waals surface area contributed by atoms with Crippen LogP contribution in [0.1, 0.15) is 18.9 Å². The van der Waals surface area contributed by atoms with Crippen molar-refractivity contribution in [3.8, 4) is 0 Å². The first-order valence-corrected chi connectivity index (χ1v) is 8.39. The van der Waals surface area contributed by atoms with Crippen LogP contribution in [0.4, 0.5) is 15.9 Å². The fourth-order valence-corrected chi connectivity index (χ4v) is 2.69. The number of nitrogens with two attached hydrogens (primary N) is 1. The molecule has 22 heavy (non-hydrogen) atoms. The predicted octanol–water partition coefficient (Wildman–Crippen LogP) is 4.62. The summed E-state index contributed by atoms with van der Waals surface area (Å²) in [6, 6.07) is 4.60. The summed E-state index contributed by atoms with van der Waals surface area (Å²) in [5.74, 6) is 0.866. The molecule has 0 aliphatic carbocycles. The van der Waals surface area contributed by atoms with Crippen LogP contribution in [0.25, 0.3) is 0 Å². The Kier molecular flexibility index (Phi) is 6.11. The summed E-state index contributed by atoms with van der Waals surface area (Å²) < 4.78 is 13.4. The molecule has 2 aromatic rings. The standard InChI is InChI=1S/C14H15Cl2FN4S/c1-2-5-22-14-20-12(16)11(18)13(21-14)19-7-8-3-4-9(15)10(17)6-8/h3-4,6H,2,5,7,18H2,1H3,(H,19,20,21). The van der Waals surface area contributed by atoms with E-state index in [1.807, 2.05) is 0 Å². The molecule has 0 unspecified atom stereocenters.